The van der Waals surface area contributed by atoms with Crippen molar-refractivity contribution in [3.63, 3.8) is 0 Å². The molecule has 2 N–H and O–H groups in total. The van der Waals surface area contributed by atoms with E-state index in [1.165, 1.54) is 18.2 Å². The topological polar surface area (TPSA) is 38.5 Å². The van der Waals surface area contributed by atoms with Crippen LogP contribution in [0, 0.1) is 11.6 Å². The third-order valence-corrected chi connectivity index (χ3v) is 3.66. The van der Waals surface area contributed by atoms with Crippen molar-refractivity contribution in [3.05, 3.63) is 35.4 Å². The summed E-state index contributed by atoms with van der Waals surface area (Å²) >= 11 is 0. The van der Waals surface area contributed by atoms with Crippen molar-refractivity contribution >= 4 is 0 Å². The molecule has 1 aromatic rings. The van der Waals surface area contributed by atoms with Crippen LogP contribution in [0.5, 0.6) is 0 Å². The van der Waals surface area contributed by atoms with Gasteiger partial charge in [-0.1, -0.05) is 6.07 Å². The zero-order chi connectivity index (χ0) is 13.8. The molecule has 0 aliphatic carbocycles. The van der Waals surface area contributed by atoms with E-state index >= 15 is 0 Å². The Morgan fingerprint density at radius 1 is 1.37 bits per heavy atom. The van der Waals surface area contributed by atoms with Crippen LogP contribution in [-0.2, 0) is 4.74 Å². The maximum atomic E-state index is 14.0. The zero-order valence-electron chi connectivity index (χ0n) is 11.1. The summed E-state index contributed by atoms with van der Waals surface area (Å²) in [5.74, 6) is -1.05. The van der Waals surface area contributed by atoms with Crippen molar-refractivity contribution in [1.82, 2.24) is 4.90 Å². The Labute approximate surface area is 112 Å². The Balaban J connectivity index is 2.30. The molecule has 1 heterocycles. The van der Waals surface area contributed by atoms with E-state index in [9.17, 15) is 8.78 Å². The standard InChI is InChI=1S/C14H20F2N2O/c1-19-9-8-18-7-3-6-12(17)14(18)13-10(15)4-2-5-11(13)16/h2,4-5,12,14H,3,6-9,17H2,1H3. The number of piperidine rings is 1. The minimum Gasteiger partial charge on any atom is -0.383 e. The van der Waals surface area contributed by atoms with E-state index in [1.54, 1.807) is 7.11 Å². The first kappa shape index (κ1) is 14.4. The van der Waals surface area contributed by atoms with Crippen LogP contribution in [0.15, 0.2) is 18.2 Å². The Morgan fingerprint density at radius 3 is 2.68 bits per heavy atom. The van der Waals surface area contributed by atoms with Crippen LogP contribution in [0.2, 0.25) is 0 Å². The highest BCUT2D eigenvalue weighted by Crippen LogP contribution is 2.33. The highest BCUT2D eigenvalue weighted by molar-refractivity contribution is 5.25. The van der Waals surface area contributed by atoms with E-state index in [0.717, 1.165) is 19.4 Å². The van der Waals surface area contributed by atoms with Crippen molar-refractivity contribution in [3.8, 4) is 0 Å². The largest absolute Gasteiger partial charge is 0.383 e. The number of methoxy groups -OCH3 is 1. The summed E-state index contributed by atoms with van der Waals surface area (Å²) in [5.41, 5.74) is 6.18. The van der Waals surface area contributed by atoms with Gasteiger partial charge in [-0.05, 0) is 31.5 Å². The third-order valence-electron chi connectivity index (χ3n) is 3.66. The molecule has 2 rings (SSSR count). The molecular weight excluding hydrogens is 250 g/mol. The van der Waals surface area contributed by atoms with E-state index < -0.39 is 17.7 Å². The van der Waals surface area contributed by atoms with Crippen molar-refractivity contribution in [2.24, 2.45) is 5.73 Å². The second kappa shape index (κ2) is 6.41. The first-order valence-electron chi connectivity index (χ1n) is 6.57. The molecule has 1 aliphatic rings. The molecule has 1 fully saturated rings. The highest BCUT2D eigenvalue weighted by Gasteiger charge is 2.33. The average molecular weight is 270 g/mol. The molecule has 1 saturated heterocycles. The molecule has 0 spiro atoms. The number of nitrogens with zero attached hydrogens (tertiary/aromatic N) is 1. The van der Waals surface area contributed by atoms with Gasteiger partial charge in [-0.15, -0.1) is 0 Å². The fraction of sp³-hybridized carbons (Fsp3) is 0.571. The fourth-order valence-corrected chi connectivity index (χ4v) is 2.75. The zero-order valence-corrected chi connectivity index (χ0v) is 11.1. The predicted octanol–water partition coefficient (Wildman–Crippen LogP) is 2.08. The summed E-state index contributed by atoms with van der Waals surface area (Å²) in [6.07, 6.45) is 1.72. The maximum absolute atomic E-state index is 14.0. The molecule has 1 aromatic carbocycles. The minimum absolute atomic E-state index is 0.0887. The molecule has 0 aromatic heterocycles. The minimum atomic E-state index is -0.523. The van der Waals surface area contributed by atoms with Crippen LogP contribution in [0.3, 0.4) is 0 Å². The van der Waals surface area contributed by atoms with E-state index in [0.29, 0.717) is 13.2 Å². The molecule has 0 radical (unpaired) electrons. The quantitative estimate of drug-likeness (QED) is 0.910. The van der Waals surface area contributed by atoms with Gasteiger partial charge in [0.25, 0.3) is 0 Å². The van der Waals surface area contributed by atoms with Crippen LogP contribution in [-0.4, -0.2) is 37.7 Å². The SMILES string of the molecule is COCCN1CCCC(N)C1c1c(F)cccc1F. The molecule has 2 atom stereocenters. The van der Waals surface area contributed by atoms with Crippen LogP contribution < -0.4 is 5.73 Å². The van der Waals surface area contributed by atoms with Gasteiger partial charge < -0.3 is 10.5 Å². The fourth-order valence-electron chi connectivity index (χ4n) is 2.75. The van der Waals surface area contributed by atoms with E-state index in [1.807, 2.05) is 4.90 Å². The van der Waals surface area contributed by atoms with E-state index in [4.69, 9.17) is 10.5 Å². The predicted molar refractivity (Wildman–Crippen MR) is 69.8 cm³/mol. The number of benzene rings is 1. The number of nitrogens with two attached hydrogens (primary N) is 1. The van der Waals surface area contributed by atoms with Gasteiger partial charge in [0, 0.05) is 25.3 Å². The molecule has 3 nitrogen and oxygen atoms in total. The number of rotatable bonds is 4. The smallest absolute Gasteiger partial charge is 0.130 e. The van der Waals surface area contributed by atoms with Gasteiger partial charge in [0.05, 0.1) is 12.6 Å². The number of ether oxygens (including phenoxy) is 1. The lowest BCUT2D eigenvalue weighted by Crippen LogP contribution is -2.47. The summed E-state index contributed by atoms with van der Waals surface area (Å²) < 4.78 is 33.0. The molecule has 1 aliphatic heterocycles. The Kier molecular flexibility index (Phi) is 4.85. The lowest BCUT2D eigenvalue weighted by atomic mass is 9.90. The van der Waals surface area contributed by atoms with Crippen molar-refractivity contribution in [2.75, 3.05) is 26.8 Å². The summed E-state index contributed by atoms with van der Waals surface area (Å²) in [5, 5.41) is 0. The summed E-state index contributed by atoms with van der Waals surface area (Å²) in [6.45, 7) is 1.94. The maximum Gasteiger partial charge on any atom is 0.130 e. The monoisotopic (exact) mass is 270 g/mol. The Morgan fingerprint density at radius 2 is 2.05 bits per heavy atom. The van der Waals surface area contributed by atoms with Crippen LogP contribution in [0.1, 0.15) is 24.4 Å². The van der Waals surface area contributed by atoms with Crippen LogP contribution in [0.4, 0.5) is 8.78 Å². The van der Waals surface area contributed by atoms with Gasteiger partial charge in [-0.25, -0.2) is 8.78 Å². The van der Waals surface area contributed by atoms with Crippen molar-refractivity contribution in [1.29, 1.82) is 0 Å². The molecule has 0 amide bonds. The summed E-state index contributed by atoms with van der Waals surface area (Å²) in [7, 11) is 1.61. The highest BCUT2D eigenvalue weighted by atomic mass is 19.1. The molecule has 19 heavy (non-hydrogen) atoms. The second-order valence-electron chi connectivity index (χ2n) is 4.92. The molecule has 0 bridgehead atoms. The number of likely N-dealkylation sites (tertiary alicyclic amines) is 1. The second-order valence-corrected chi connectivity index (χ2v) is 4.92. The molecule has 5 heteroatoms. The average Bonchev–Trinajstić information content (AvgIpc) is 2.38. The Bertz CT molecular complexity index is 408. The summed E-state index contributed by atoms with van der Waals surface area (Å²) in [4.78, 5) is 2.01. The normalized spacial score (nSPS) is 24.6. The first-order valence-corrected chi connectivity index (χ1v) is 6.57. The van der Waals surface area contributed by atoms with Crippen molar-refractivity contribution in [2.45, 2.75) is 24.9 Å². The lowest BCUT2D eigenvalue weighted by Gasteiger charge is -2.40. The van der Waals surface area contributed by atoms with Gasteiger partial charge in [0.15, 0.2) is 0 Å². The number of hydrogen-bond donors (Lipinski definition) is 1. The van der Waals surface area contributed by atoms with Gasteiger partial charge in [-0.2, -0.15) is 0 Å². The molecule has 106 valence electrons. The Hall–Kier alpha value is -1.04. The van der Waals surface area contributed by atoms with Crippen LogP contribution >= 0.6 is 0 Å². The number of hydrogen-bond acceptors (Lipinski definition) is 3. The van der Waals surface area contributed by atoms with E-state index in [-0.39, 0.29) is 11.6 Å². The lowest BCUT2D eigenvalue weighted by molar-refractivity contribution is 0.0812. The van der Waals surface area contributed by atoms with E-state index in [2.05, 4.69) is 0 Å². The molecule has 0 saturated carbocycles. The molecule has 2 unspecified atom stereocenters. The number of halogens is 2. The third kappa shape index (κ3) is 3.11. The van der Waals surface area contributed by atoms with Gasteiger partial charge in [-0.3, -0.25) is 4.90 Å². The van der Waals surface area contributed by atoms with Gasteiger partial charge >= 0.3 is 0 Å². The van der Waals surface area contributed by atoms with Crippen molar-refractivity contribution < 1.29 is 13.5 Å². The van der Waals surface area contributed by atoms with Gasteiger partial charge in [0.1, 0.15) is 11.6 Å². The van der Waals surface area contributed by atoms with Gasteiger partial charge in [0.2, 0.25) is 0 Å². The molecular formula is C14H20F2N2O. The summed E-state index contributed by atoms with van der Waals surface area (Å²) in [6, 6.07) is 3.28. The first-order chi connectivity index (χ1) is 9.15. The van der Waals surface area contributed by atoms with Crippen LogP contribution in [0.25, 0.3) is 0 Å².